The van der Waals surface area contributed by atoms with Crippen LogP contribution in [0.15, 0.2) is 22.7 Å². The van der Waals surface area contributed by atoms with E-state index in [1.807, 2.05) is 19.1 Å². The fraction of sp³-hybridized carbons (Fsp3) is 0.529. The highest BCUT2D eigenvalue weighted by Crippen LogP contribution is 2.19. The van der Waals surface area contributed by atoms with Gasteiger partial charge in [0.25, 0.3) is 0 Å². The molecule has 0 saturated heterocycles. The van der Waals surface area contributed by atoms with Gasteiger partial charge >= 0.3 is 11.8 Å². The molecule has 2 N–H and O–H groups in total. The van der Waals surface area contributed by atoms with Crippen molar-refractivity contribution in [1.29, 1.82) is 0 Å². The Labute approximate surface area is 141 Å². The van der Waals surface area contributed by atoms with Crippen molar-refractivity contribution in [2.45, 2.75) is 46.5 Å². The molecular weight excluding hydrogens is 344 g/mol. The van der Waals surface area contributed by atoms with Crippen LogP contribution in [0.4, 0.5) is 5.69 Å². The smallest absolute Gasteiger partial charge is 0.313 e. The number of benzene rings is 1. The topological polar surface area (TPSA) is 58.2 Å². The summed E-state index contributed by atoms with van der Waals surface area (Å²) in [6, 6.07) is 5.43. The Morgan fingerprint density at radius 2 is 1.95 bits per heavy atom. The van der Waals surface area contributed by atoms with Gasteiger partial charge in [0.1, 0.15) is 0 Å². The molecule has 1 aromatic rings. The number of halogens is 1. The van der Waals surface area contributed by atoms with Crippen molar-refractivity contribution < 1.29 is 9.59 Å². The molecule has 5 heteroatoms. The van der Waals surface area contributed by atoms with E-state index in [1.54, 1.807) is 6.07 Å². The fourth-order valence-corrected chi connectivity index (χ4v) is 2.42. The molecule has 0 aromatic heterocycles. The molecule has 0 heterocycles. The predicted molar refractivity (Wildman–Crippen MR) is 93.8 cm³/mol. The standard InChI is InChI=1S/C17H25BrN2O2/c1-4-6-7-13(5-2)11-19-16(21)17(22)20-14-8-9-15(18)12(3)10-14/h8-10,13H,4-7,11H2,1-3H3,(H,19,21)(H,20,22)/t13-/m1/s1. The van der Waals surface area contributed by atoms with Crippen molar-refractivity contribution in [3.8, 4) is 0 Å². The van der Waals surface area contributed by atoms with E-state index in [4.69, 9.17) is 0 Å². The first-order chi connectivity index (χ1) is 10.5. The van der Waals surface area contributed by atoms with Gasteiger partial charge in [-0.2, -0.15) is 0 Å². The number of hydrogen-bond donors (Lipinski definition) is 2. The second-order valence-electron chi connectivity index (χ2n) is 5.54. The molecule has 0 bridgehead atoms. The number of carbonyl (C=O) groups is 2. The highest BCUT2D eigenvalue weighted by molar-refractivity contribution is 9.10. The Kier molecular flexibility index (Phi) is 8.17. The summed E-state index contributed by atoms with van der Waals surface area (Å²) in [6.45, 7) is 6.75. The lowest BCUT2D eigenvalue weighted by Gasteiger charge is -2.15. The number of carbonyl (C=O) groups excluding carboxylic acids is 2. The molecule has 0 aliphatic heterocycles. The monoisotopic (exact) mass is 368 g/mol. The maximum absolute atomic E-state index is 11.9. The number of rotatable bonds is 7. The molecule has 0 saturated carbocycles. The third kappa shape index (κ3) is 6.18. The Balaban J connectivity index is 2.47. The molecule has 0 aliphatic rings. The van der Waals surface area contributed by atoms with Crippen LogP contribution in [-0.4, -0.2) is 18.4 Å². The maximum atomic E-state index is 11.9. The van der Waals surface area contributed by atoms with Crippen molar-refractivity contribution in [2.24, 2.45) is 5.92 Å². The molecule has 0 fully saturated rings. The number of unbranched alkanes of at least 4 members (excludes halogenated alkanes) is 1. The van der Waals surface area contributed by atoms with Gasteiger partial charge in [0.15, 0.2) is 0 Å². The number of hydrogen-bond acceptors (Lipinski definition) is 2. The Morgan fingerprint density at radius 3 is 2.55 bits per heavy atom. The van der Waals surface area contributed by atoms with Gasteiger partial charge in [-0.25, -0.2) is 0 Å². The molecule has 0 aliphatic carbocycles. The number of aryl methyl sites for hydroxylation is 1. The highest BCUT2D eigenvalue weighted by Gasteiger charge is 2.15. The average Bonchev–Trinajstić information content (AvgIpc) is 2.50. The number of anilines is 1. The second kappa shape index (κ2) is 9.62. The summed E-state index contributed by atoms with van der Waals surface area (Å²) >= 11 is 3.40. The molecular formula is C17H25BrN2O2. The molecule has 1 atom stereocenters. The molecule has 0 unspecified atom stereocenters. The van der Waals surface area contributed by atoms with Crippen LogP contribution in [-0.2, 0) is 9.59 Å². The minimum atomic E-state index is -0.618. The van der Waals surface area contributed by atoms with E-state index in [2.05, 4.69) is 40.4 Å². The molecule has 122 valence electrons. The van der Waals surface area contributed by atoms with Gasteiger partial charge in [-0.15, -0.1) is 0 Å². The van der Waals surface area contributed by atoms with E-state index in [0.717, 1.165) is 35.7 Å². The van der Waals surface area contributed by atoms with Crippen LogP contribution < -0.4 is 10.6 Å². The van der Waals surface area contributed by atoms with Crippen LogP contribution in [0.2, 0.25) is 0 Å². The zero-order valence-corrected chi connectivity index (χ0v) is 15.1. The van der Waals surface area contributed by atoms with Crippen molar-refractivity contribution in [1.82, 2.24) is 5.32 Å². The zero-order valence-electron chi connectivity index (χ0n) is 13.5. The summed E-state index contributed by atoms with van der Waals surface area (Å²) in [5.74, 6) is -0.755. The first kappa shape index (κ1) is 18.7. The second-order valence-corrected chi connectivity index (χ2v) is 6.40. The highest BCUT2D eigenvalue weighted by atomic mass is 79.9. The van der Waals surface area contributed by atoms with E-state index in [9.17, 15) is 9.59 Å². The summed E-state index contributed by atoms with van der Waals surface area (Å²) in [5, 5.41) is 5.35. The van der Waals surface area contributed by atoms with E-state index >= 15 is 0 Å². The molecule has 1 aromatic carbocycles. The van der Waals surface area contributed by atoms with Crippen molar-refractivity contribution in [3.63, 3.8) is 0 Å². The largest absolute Gasteiger partial charge is 0.348 e. The van der Waals surface area contributed by atoms with Gasteiger partial charge in [0, 0.05) is 16.7 Å². The summed E-state index contributed by atoms with van der Waals surface area (Å²) in [7, 11) is 0. The lowest BCUT2D eigenvalue weighted by Crippen LogP contribution is -2.38. The summed E-state index contributed by atoms with van der Waals surface area (Å²) in [4.78, 5) is 23.7. The quantitative estimate of drug-likeness (QED) is 0.713. The minimum Gasteiger partial charge on any atom is -0.348 e. The Hall–Kier alpha value is -1.36. The van der Waals surface area contributed by atoms with E-state index in [1.165, 1.54) is 0 Å². The van der Waals surface area contributed by atoms with E-state index < -0.39 is 11.8 Å². The first-order valence-electron chi connectivity index (χ1n) is 7.83. The molecule has 4 nitrogen and oxygen atoms in total. The number of nitrogens with one attached hydrogen (secondary N) is 2. The lowest BCUT2D eigenvalue weighted by atomic mass is 9.99. The predicted octanol–water partition coefficient (Wildman–Crippen LogP) is 4.03. The average molecular weight is 369 g/mol. The Bertz CT molecular complexity index is 517. The molecule has 1 rings (SSSR count). The van der Waals surface area contributed by atoms with Crippen LogP contribution in [0.3, 0.4) is 0 Å². The third-order valence-corrected chi connectivity index (χ3v) is 4.61. The van der Waals surface area contributed by atoms with Crippen LogP contribution in [0.5, 0.6) is 0 Å². The number of amides is 2. The van der Waals surface area contributed by atoms with Gasteiger partial charge in [-0.3, -0.25) is 9.59 Å². The van der Waals surface area contributed by atoms with Gasteiger partial charge in [-0.1, -0.05) is 49.0 Å². The van der Waals surface area contributed by atoms with Gasteiger partial charge in [0.2, 0.25) is 0 Å². The van der Waals surface area contributed by atoms with E-state index in [0.29, 0.717) is 18.2 Å². The normalized spacial score (nSPS) is 11.8. The molecule has 0 spiro atoms. The Morgan fingerprint density at radius 1 is 1.23 bits per heavy atom. The first-order valence-corrected chi connectivity index (χ1v) is 8.62. The summed E-state index contributed by atoms with van der Waals surface area (Å²) in [6.07, 6.45) is 4.39. The van der Waals surface area contributed by atoms with Gasteiger partial charge in [0.05, 0.1) is 0 Å². The van der Waals surface area contributed by atoms with Crippen LogP contribution in [0.25, 0.3) is 0 Å². The summed E-state index contributed by atoms with van der Waals surface area (Å²) in [5.41, 5.74) is 1.63. The minimum absolute atomic E-state index is 0.437. The molecule has 0 radical (unpaired) electrons. The third-order valence-electron chi connectivity index (χ3n) is 3.72. The fourth-order valence-electron chi connectivity index (χ4n) is 2.17. The maximum Gasteiger partial charge on any atom is 0.313 e. The lowest BCUT2D eigenvalue weighted by molar-refractivity contribution is -0.136. The van der Waals surface area contributed by atoms with Crippen molar-refractivity contribution >= 4 is 33.4 Å². The van der Waals surface area contributed by atoms with Gasteiger partial charge < -0.3 is 10.6 Å². The van der Waals surface area contributed by atoms with Crippen LogP contribution in [0, 0.1) is 12.8 Å². The van der Waals surface area contributed by atoms with Crippen molar-refractivity contribution in [3.05, 3.63) is 28.2 Å². The zero-order chi connectivity index (χ0) is 16.5. The molecule has 2 amide bonds. The van der Waals surface area contributed by atoms with Crippen molar-refractivity contribution in [2.75, 3.05) is 11.9 Å². The summed E-state index contributed by atoms with van der Waals surface area (Å²) < 4.78 is 0.969. The van der Waals surface area contributed by atoms with Crippen LogP contribution >= 0.6 is 15.9 Å². The molecule has 22 heavy (non-hydrogen) atoms. The van der Waals surface area contributed by atoms with Crippen LogP contribution in [0.1, 0.15) is 45.1 Å². The SMILES string of the molecule is CCCC[C@@H](CC)CNC(=O)C(=O)Nc1ccc(Br)c(C)c1. The van der Waals surface area contributed by atoms with E-state index in [-0.39, 0.29) is 0 Å². The van der Waals surface area contributed by atoms with Gasteiger partial charge in [-0.05, 0) is 43.0 Å².